The molecule has 0 aliphatic heterocycles. The predicted molar refractivity (Wildman–Crippen MR) is 80.7 cm³/mol. The molecule has 0 spiro atoms. The largest absolute Gasteiger partial charge is 0.497 e. The molecule has 0 radical (unpaired) electrons. The van der Waals surface area contributed by atoms with Crippen LogP contribution >= 0.6 is 24.0 Å². The Bertz CT molecular complexity index is 393. The summed E-state index contributed by atoms with van der Waals surface area (Å²) in [5, 5.41) is 3.03. The van der Waals surface area contributed by atoms with Crippen molar-refractivity contribution in [1.82, 2.24) is 5.32 Å². The number of halogens is 2. The summed E-state index contributed by atoms with van der Waals surface area (Å²) in [7, 11) is 3.06. The lowest BCUT2D eigenvalue weighted by Crippen LogP contribution is -2.23. The lowest BCUT2D eigenvalue weighted by atomic mass is 10.2. The zero-order valence-corrected chi connectivity index (χ0v) is 13.1. The molecule has 0 aromatic heterocycles. The highest BCUT2D eigenvalue weighted by molar-refractivity contribution is 6.18. The summed E-state index contributed by atoms with van der Waals surface area (Å²) in [4.78, 5) is 11.8. The second-order valence-electron chi connectivity index (χ2n) is 3.68. The quantitative estimate of drug-likeness (QED) is 0.451. The smallest absolute Gasteiger partial charge is 0.338 e. The van der Waals surface area contributed by atoms with Crippen LogP contribution in [0.1, 0.15) is 10.4 Å². The van der Waals surface area contributed by atoms with E-state index in [1.54, 1.807) is 18.2 Å². The van der Waals surface area contributed by atoms with Gasteiger partial charge in [-0.05, 0) is 12.1 Å². The molecule has 1 aromatic carbocycles. The van der Waals surface area contributed by atoms with Crippen molar-refractivity contribution in [3.8, 4) is 11.5 Å². The molecule has 0 aliphatic rings. The van der Waals surface area contributed by atoms with Crippen LogP contribution in [0.3, 0.4) is 0 Å². The fraction of sp³-hybridized carbons (Fsp3) is 0.462. The van der Waals surface area contributed by atoms with Crippen LogP contribution in [0.4, 0.5) is 0 Å². The van der Waals surface area contributed by atoms with E-state index in [0.29, 0.717) is 36.0 Å². The third-order valence-corrected chi connectivity index (χ3v) is 2.56. The van der Waals surface area contributed by atoms with Gasteiger partial charge in [-0.25, -0.2) is 4.79 Å². The van der Waals surface area contributed by atoms with Crippen molar-refractivity contribution in [3.05, 3.63) is 23.8 Å². The van der Waals surface area contributed by atoms with E-state index >= 15 is 0 Å². The zero-order valence-electron chi connectivity index (χ0n) is 11.5. The minimum Gasteiger partial charge on any atom is -0.497 e. The SMILES string of the molecule is COc1cc(OC)cc(C(=O)OCCNCCCl)c1.Cl. The normalized spacial score (nSPS) is 9.55. The number of nitrogens with one attached hydrogen (secondary N) is 1. The summed E-state index contributed by atoms with van der Waals surface area (Å²) >= 11 is 5.51. The standard InChI is InChI=1S/C13H18ClNO4.ClH/c1-17-11-7-10(8-12(9-11)18-2)13(16)19-6-5-15-4-3-14;/h7-9,15H,3-6H2,1-2H3;1H. The minimum atomic E-state index is -0.412. The highest BCUT2D eigenvalue weighted by atomic mass is 35.5. The number of ether oxygens (including phenoxy) is 3. The van der Waals surface area contributed by atoms with Gasteiger partial charge < -0.3 is 19.5 Å². The molecule has 114 valence electrons. The van der Waals surface area contributed by atoms with Gasteiger partial charge in [0, 0.05) is 25.0 Å². The van der Waals surface area contributed by atoms with E-state index in [4.69, 9.17) is 25.8 Å². The van der Waals surface area contributed by atoms with E-state index in [-0.39, 0.29) is 19.0 Å². The highest BCUT2D eigenvalue weighted by Gasteiger charge is 2.10. The van der Waals surface area contributed by atoms with Crippen molar-refractivity contribution in [3.63, 3.8) is 0 Å². The number of benzene rings is 1. The Hall–Kier alpha value is -1.17. The van der Waals surface area contributed by atoms with Crippen molar-refractivity contribution in [1.29, 1.82) is 0 Å². The molecule has 20 heavy (non-hydrogen) atoms. The predicted octanol–water partition coefficient (Wildman–Crippen LogP) is 2.11. The number of methoxy groups -OCH3 is 2. The molecule has 0 atom stereocenters. The van der Waals surface area contributed by atoms with E-state index in [0.717, 1.165) is 0 Å². The van der Waals surface area contributed by atoms with Gasteiger partial charge in [0.2, 0.25) is 0 Å². The van der Waals surface area contributed by atoms with Gasteiger partial charge in [-0.1, -0.05) is 0 Å². The topological polar surface area (TPSA) is 56.8 Å². The van der Waals surface area contributed by atoms with Crippen molar-refractivity contribution < 1.29 is 19.0 Å². The number of rotatable bonds is 8. The Labute approximate surface area is 129 Å². The molecule has 1 N–H and O–H groups in total. The number of carbonyl (C=O) groups is 1. The minimum absolute atomic E-state index is 0. The van der Waals surface area contributed by atoms with Crippen LogP contribution < -0.4 is 14.8 Å². The molecule has 0 aliphatic carbocycles. The number of carbonyl (C=O) groups excluding carboxylic acids is 1. The van der Waals surface area contributed by atoms with Gasteiger partial charge >= 0.3 is 5.97 Å². The van der Waals surface area contributed by atoms with Crippen LogP contribution in [-0.2, 0) is 4.74 Å². The van der Waals surface area contributed by atoms with Crippen LogP contribution in [0, 0.1) is 0 Å². The summed E-state index contributed by atoms with van der Waals surface area (Å²) in [5.74, 6) is 1.21. The maximum Gasteiger partial charge on any atom is 0.338 e. The van der Waals surface area contributed by atoms with Gasteiger partial charge in [0.15, 0.2) is 0 Å². The molecule has 0 saturated heterocycles. The maximum atomic E-state index is 11.8. The third kappa shape index (κ3) is 6.32. The van der Waals surface area contributed by atoms with Gasteiger partial charge in [0.05, 0.1) is 19.8 Å². The highest BCUT2D eigenvalue weighted by Crippen LogP contribution is 2.22. The first-order valence-corrected chi connectivity index (χ1v) is 6.41. The second-order valence-corrected chi connectivity index (χ2v) is 4.05. The van der Waals surface area contributed by atoms with Gasteiger partial charge in [-0.3, -0.25) is 0 Å². The van der Waals surface area contributed by atoms with Crippen LogP contribution in [0.5, 0.6) is 11.5 Å². The summed E-state index contributed by atoms with van der Waals surface area (Å²) < 4.78 is 15.3. The van der Waals surface area contributed by atoms with E-state index in [1.165, 1.54) is 14.2 Å². The number of esters is 1. The van der Waals surface area contributed by atoms with E-state index in [2.05, 4.69) is 5.32 Å². The maximum absolute atomic E-state index is 11.8. The molecule has 7 heteroatoms. The van der Waals surface area contributed by atoms with E-state index < -0.39 is 5.97 Å². The van der Waals surface area contributed by atoms with E-state index in [1.807, 2.05) is 0 Å². The molecule has 0 bridgehead atoms. The van der Waals surface area contributed by atoms with Gasteiger partial charge in [-0.15, -0.1) is 24.0 Å². The van der Waals surface area contributed by atoms with Crippen LogP contribution in [0.15, 0.2) is 18.2 Å². The zero-order chi connectivity index (χ0) is 14.1. The van der Waals surface area contributed by atoms with Gasteiger partial charge in [0.25, 0.3) is 0 Å². The monoisotopic (exact) mass is 323 g/mol. The molecule has 0 amide bonds. The Morgan fingerprint density at radius 1 is 1.15 bits per heavy atom. The van der Waals surface area contributed by atoms with Crippen molar-refractivity contribution in [2.24, 2.45) is 0 Å². The van der Waals surface area contributed by atoms with Crippen LogP contribution in [0.2, 0.25) is 0 Å². The molecular weight excluding hydrogens is 305 g/mol. The average molecular weight is 324 g/mol. The molecule has 0 heterocycles. The number of hydrogen-bond donors (Lipinski definition) is 1. The van der Waals surface area contributed by atoms with Crippen molar-refractivity contribution in [2.45, 2.75) is 0 Å². The Morgan fingerprint density at radius 3 is 2.25 bits per heavy atom. The summed E-state index contributed by atoms with van der Waals surface area (Å²) in [6.45, 7) is 1.54. The first kappa shape index (κ1) is 18.8. The average Bonchev–Trinajstić information content (AvgIpc) is 2.46. The number of alkyl halides is 1. The second kappa shape index (κ2) is 10.6. The van der Waals surface area contributed by atoms with Crippen molar-refractivity contribution >= 4 is 30.0 Å². The molecule has 0 fully saturated rings. The lowest BCUT2D eigenvalue weighted by Gasteiger charge is -2.09. The van der Waals surface area contributed by atoms with Gasteiger partial charge in [-0.2, -0.15) is 0 Å². The molecule has 1 rings (SSSR count). The molecule has 0 saturated carbocycles. The lowest BCUT2D eigenvalue weighted by molar-refractivity contribution is 0.0508. The fourth-order valence-corrected chi connectivity index (χ4v) is 1.55. The Morgan fingerprint density at radius 2 is 1.75 bits per heavy atom. The Balaban J connectivity index is 0.00000361. The first-order valence-electron chi connectivity index (χ1n) is 5.88. The molecule has 5 nitrogen and oxygen atoms in total. The Kier molecular flexibility index (Phi) is 9.98. The van der Waals surface area contributed by atoms with Gasteiger partial charge in [0.1, 0.15) is 18.1 Å². The third-order valence-electron chi connectivity index (χ3n) is 2.37. The fourth-order valence-electron chi connectivity index (χ4n) is 1.42. The number of hydrogen-bond acceptors (Lipinski definition) is 5. The summed E-state index contributed by atoms with van der Waals surface area (Å²) in [6.07, 6.45) is 0. The van der Waals surface area contributed by atoms with E-state index in [9.17, 15) is 4.79 Å². The first-order chi connectivity index (χ1) is 9.21. The molecule has 1 aromatic rings. The van der Waals surface area contributed by atoms with Crippen LogP contribution in [0.25, 0.3) is 0 Å². The molecular formula is C13H19Cl2NO4. The summed E-state index contributed by atoms with van der Waals surface area (Å²) in [6, 6.07) is 4.91. The summed E-state index contributed by atoms with van der Waals surface area (Å²) in [5.41, 5.74) is 0.397. The van der Waals surface area contributed by atoms with Crippen LogP contribution in [-0.4, -0.2) is 45.8 Å². The molecule has 0 unspecified atom stereocenters. The van der Waals surface area contributed by atoms with Crippen molar-refractivity contribution in [2.75, 3.05) is 39.8 Å².